The van der Waals surface area contributed by atoms with Gasteiger partial charge in [-0.2, -0.15) is 0 Å². The summed E-state index contributed by atoms with van der Waals surface area (Å²) in [6.07, 6.45) is 4.81. The molecule has 2 aliphatic rings. The standard InChI is InChI=1S/C11H18ClNO2/c12-7-11(14)13-5-6-15-8-9-3-1-2-4-10(9)13/h9-10H,1-8H2/t9-,10-/m1/s1. The number of halogens is 1. The summed E-state index contributed by atoms with van der Waals surface area (Å²) >= 11 is 5.64. The summed E-state index contributed by atoms with van der Waals surface area (Å²) in [5.41, 5.74) is 0. The lowest BCUT2D eigenvalue weighted by molar-refractivity contribution is -0.132. The zero-order valence-electron chi connectivity index (χ0n) is 8.95. The molecule has 3 nitrogen and oxygen atoms in total. The molecule has 4 heteroatoms. The lowest BCUT2D eigenvalue weighted by atomic mass is 9.84. The minimum absolute atomic E-state index is 0.0686. The molecule has 2 atom stereocenters. The molecule has 1 saturated heterocycles. The van der Waals surface area contributed by atoms with E-state index in [1.807, 2.05) is 4.90 Å². The van der Waals surface area contributed by atoms with Crippen LogP contribution in [0.15, 0.2) is 0 Å². The Morgan fingerprint density at radius 3 is 3.00 bits per heavy atom. The Balaban J connectivity index is 2.09. The van der Waals surface area contributed by atoms with Gasteiger partial charge in [-0.05, 0) is 12.8 Å². The van der Waals surface area contributed by atoms with Crippen LogP contribution >= 0.6 is 11.6 Å². The minimum atomic E-state index is 0.0686. The summed E-state index contributed by atoms with van der Waals surface area (Å²) in [5.74, 6) is 0.705. The molecular formula is C11H18ClNO2. The molecule has 1 aliphatic carbocycles. The van der Waals surface area contributed by atoms with Gasteiger partial charge in [-0.1, -0.05) is 12.8 Å². The fourth-order valence-corrected chi connectivity index (χ4v) is 2.90. The van der Waals surface area contributed by atoms with Crippen LogP contribution in [0.1, 0.15) is 25.7 Å². The minimum Gasteiger partial charge on any atom is -0.379 e. The van der Waals surface area contributed by atoms with Gasteiger partial charge in [-0.15, -0.1) is 11.6 Å². The van der Waals surface area contributed by atoms with E-state index in [1.54, 1.807) is 0 Å². The normalized spacial score (nSPS) is 31.9. The highest BCUT2D eigenvalue weighted by Crippen LogP contribution is 2.30. The Morgan fingerprint density at radius 2 is 2.20 bits per heavy atom. The molecule has 0 N–H and O–H groups in total. The number of alkyl halides is 1. The largest absolute Gasteiger partial charge is 0.379 e. The van der Waals surface area contributed by atoms with E-state index >= 15 is 0 Å². The maximum absolute atomic E-state index is 11.7. The molecule has 0 aromatic carbocycles. The molecule has 0 aromatic heterocycles. The van der Waals surface area contributed by atoms with Crippen molar-refractivity contribution >= 4 is 17.5 Å². The summed E-state index contributed by atoms with van der Waals surface area (Å²) < 4.78 is 5.55. The number of rotatable bonds is 1. The van der Waals surface area contributed by atoms with Crippen LogP contribution in [-0.4, -0.2) is 42.5 Å². The monoisotopic (exact) mass is 231 g/mol. The number of nitrogens with zero attached hydrogens (tertiary/aromatic N) is 1. The van der Waals surface area contributed by atoms with Crippen molar-refractivity contribution in [2.24, 2.45) is 5.92 Å². The summed E-state index contributed by atoms with van der Waals surface area (Å²) in [7, 11) is 0. The van der Waals surface area contributed by atoms with Crippen LogP contribution in [0.3, 0.4) is 0 Å². The van der Waals surface area contributed by atoms with Gasteiger partial charge in [0.2, 0.25) is 5.91 Å². The van der Waals surface area contributed by atoms with Gasteiger partial charge >= 0.3 is 0 Å². The van der Waals surface area contributed by atoms with Crippen molar-refractivity contribution in [2.75, 3.05) is 25.6 Å². The first-order valence-electron chi connectivity index (χ1n) is 5.76. The van der Waals surface area contributed by atoms with Gasteiger partial charge in [-0.25, -0.2) is 0 Å². The van der Waals surface area contributed by atoms with Crippen molar-refractivity contribution in [2.45, 2.75) is 31.7 Å². The molecule has 86 valence electrons. The second-order valence-corrected chi connectivity index (χ2v) is 4.67. The third-order valence-electron chi connectivity index (χ3n) is 3.51. The molecule has 1 aliphatic heterocycles. The third-order valence-corrected chi connectivity index (χ3v) is 3.74. The fraction of sp³-hybridized carbons (Fsp3) is 0.909. The van der Waals surface area contributed by atoms with Gasteiger partial charge in [0.1, 0.15) is 5.88 Å². The Bertz CT molecular complexity index is 235. The highest BCUT2D eigenvalue weighted by atomic mass is 35.5. The predicted molar refractivity (Wildman–Crippen MR) is 59.0 cm³/mol. The van der Waals surface area contributed by atoms with Crippen molar-refractivity contribution in [1.29, 1.82) is 0 Å². The topological polar surface area (TPSA) is 29.5 Å². The first-order chi connectivity index (χ1) is 7.33. The zero-order chi connectivity index (χ0) is 10.7. The smallest absolute Gasteiger partial charge is 0.237 e. The summed E-state index contributed by atoms with van der Waals surface area (Å²) in [6.45, 7) is 2.19. The fourth-order valence-electron chi connectivity index (χ4n) is 2.74. The van der Waals surface area contributed by atoms with E-state index in [-0.39, 0.29) is 11.8 Å². The van der Waals surface area contributed by atoms with Gasteiger partial charge in [-0.3, -0.25) is 4.79 Å². The summed E-state index contributed by atoms with van der Waals surface area (Å²) in [5, 5.41) is 0. The molecule has 0 radical (unpaired) electrons. The molecule has 2 fully saturated rings. The van der Waals surface area contributed by atoms with E-state index in [4.69, 9.17) is 16.3 Å². The maximum atomic E-state index is 11.7. The van der Waals surface area contributed by atoms with Crippen molar-refractivity contribution in [3.05, 3.63) is 0 Å². The Hall–Kier alpha value is -0.280. The number of amides is 1. The second kappa shape index (κ2) is 5.17. The Labute approximate surface area is 95.7 Å². The summed E-state index contributed by atoms with van der Waals surface area (Å²) in [4.78, 5) is 13.7. The molecule has 0 spiro atoms. The van der Waals surface area contributed by atoms with Crippen molar-refractivity contribution in [1.82, 2.24) is 4.90 Å². The van der Waals surface area contributed by atoms with Crippen LogP contribution < -0.4 is 0 Å². The molecule has 1 heterocycles. The molecule has 1 saturated carbocycles. The number of carbonyl (C=O) groups excluding carboxylic acids is 1. The first kappa shape index (κ1) is 11.2. The van der Waals surface area contributed by atoms with E-state index in [0.717, 1.165) is 13.0 Å². The Kier molecular flexibility index (Phi) is 3.87. The lowest BCUT2D eigenvalue weighted by Crippen LogP contribution is -2.46. The predicted octanol–water partition coefficient (Wildman–Crippen LogP) is 1.64. The molecule has 2 rings (SSSR count). The van der Waals surface area contributed by atoms with Crippen LogP contribution in [0.4, 0.5) is 0 Å². The highest BCUT2D eigenvalue weighted by molar-refractivity contribution is 6.27. The average molecular weight is 232 g/mol. The number of carbonyl (C=O) groups is 1. The van der Waals surface area contributed by atoms with Crippen LogP contribution in [0.5, 0.6) is 0 Å². The van der Waals surface area contributed by atoms with Gasteiger partial charge in [0.25, 0.3) is 0 Å². The van der Waals surface area contributed by atoms with Gasteiger partial charge in [0, 0.05) is 18.5 Å². The van der Waals surface area contributed by atoms with Crippen molar-refractivity contribution < 1.29 is 9.53 Å². The number of hydrogen-bond donors (Lipinski definition) is 0. The van der Waals surface area contributed by atoms with E-state index in [1.165, 1.54) is 19.3 Å². The van der Waals surface area contributed by atoms with E-state index in [0.29, 0.717) is 25.1 Å². The van der Waals surface area contributed by atoms with Crippen LogP contribution in [0, 0.1) is 5.92 Å². The molecule has 0 aromatic rings. The van der Waals surface area contributed by atoms with E-state index < -0.39 is 0 Å². The Morgan fingerprint density at radius 1 is 1.40 bits per heavy atom. The quantitative estimate of drug-likeness (QED) is 0.643. The SMILES string of the molecule is O=C(CCl)N1CCOC[C@H]2CCCC[C@H]21. The zero-order valence-corrected chi connectivity index (χ0v) is 9.71. The molecular weight excluding hydrogens is 214 g/mol. The van der Waals surface area contributed by atoms with Crippen LogP contribution in [0.2, 0.25) is 0 Å². The van der Waals surface area contributed by atoms with E-state index in [2.05, 4.69) is 0 Å². The lowest BCUT2D eigenvalue weighted by Gasteiger charge is -2.37. The number of hydrogen-bond acceptors (Lipinski definition) is 2. The van der Waals surface area contributed by atoms with Crippen LogP contribution in [-0.2, 0) is 9.53 Å². The van der Waals surface area contributed by atoms with Crippen LogP contribution in [0.25, 0.3) is 0 Å². The van der Waals surface area contributed by atoms with Gasteiger partial charge in [0.05, 0.1) is 13.2 Å². The van der Waals surface area contributed by atoms with E-state index in [9.17, 15) is 4.79 Å². The highest BCUT2D eigenvalue weighted by Gasteiger charge is 2.34. The number of ether oxygens (including phenoxy) is 1. The second-order valence-electron chi connectivity index (χ2n) is 4.41. The van der Waals surface area contributed by atoms with Crippen molar-refractivity contribution in [3.8, 4) is 0 Å². The molecule has 0 bridgehead atoms. The average Bonchev–Trinajstić information content (AvgIpc) is 2.50. The van der Waals surface area contributed by atoms with Gasteiger partial charge < -0.3 is 9.64 Å². The molecule has 15 heavy (non-hydrogen) atoms. The third kappa shape index (κ3) is 2.45. The van der Waals surface area contributed by atoms with Crippen molar-refractivity contribution in [3.63, 3.8) is 0 Å². The summed E-state index contributed by atoms with van der Waals surface area (Å²) in [6, 6.07) is 0.382. The molecule has 0 unspecified atom stereocenters. The maximum Gasteiger partial charge on any atom is 0.237 e. The number of fused-ring (bicyclic) bond motifs is 1. The first-order valence-corrected chi connectivity index (χ1v) is 6.29. The van der Waals surface area contributed by atoms with Gasteiger partial charge in [0.15, 0.2) is 0 Å². The molecule has 1 amide bonds.